The molecule has 0 aliphatic carbocycles. The van der Waals surface area contributed by atoms with Crippen LogP contribution in [0.1, 0.15) is 33.1 Å². The standard InChI is InChI=1S/C10H19ClO/c1-3-4-5-7-12-8-6-10(2)9-11/h6H,3-5,7-9H2,1-2H3. The molecular weight excluding hydrogens is 172 g/mol. The van der Waals surface area contributed by atoms with E-state index in [2.05, 4.69) is 6.92 Å². The van der Waals surface area contributed by atoms with E-state index in [4.69, 9.17) is 16.3 Å². The van der Waals surface area contributed by atoms with Gasteiger partial charge in [0.2, 0.25) is 0 Å². The largest absolute Gasteiger partial charge is 0.377 e. The average Bonchev–Trinajstić information content (AvgIpc) is 2.10. The van der Waals surface area contributed by atoms with Crippen molar-refractivity contribution >= 4 is 11.6 Å². The van der Waals surface area contributed by atoms with E-state index >= 15 is 0 Å². The van der Waals surface area contributed by atoms with Gasteiger partial charge in [0.25, 0.3) is 0 Å². The molecule has 1 nitrogen and oxygen atoms in total. The van der Waals surface area contributed by atoms with Gasteiger partial charge in [-0.05, 0) is 13.3 Å². The summed E-state index contributed by atoms with van der Waals surface area (Å²) in [6, 6.07) is 0. The molecule has 2 heteroatoms. The van der Waals surface area contributed by atoms with Crippen molar-refractivity contribution in [2.45, 2.75) is 33.1 Å². The van der Waals surface area contributed by atoms with Crippen LogP contribution in [0.2, 0.25) is 0 Å². The van der Waals surface area contributed by atoms with Gasteiger partial charge in [-0.15, -0.1) is 11.6 Å². The van der Waals surface area contributed by atoms with Gasteiger partial charge >= 0.3 is 0 Å². The molecule has 0 radical (unpaired) electrons. The van der Waals surface area contributed by atoms with E-state index in [-0.39, 0.29) is 0 Å². The Kier molecular flexibility index (Phi) is 9.07. The van der Waals surface area contributed by atoms with E-state index in [9.17, 15) is 0 Å². The van der Waals surface area contributed by atoms with Crippen LogP contribution >= 0.6 is 11.6 Å². The van der Waals surface area contributed by atoms with Crippen LogP contribution in [0.5, 0.6) is 0 Å². The van der Waals surface area contributed by atoms with Crippen molar-refractivity contribution in [3.63, 3.8) is 0 Å². The van der Waals surface area contributed by atoms with Gasteiger partial charge in [0.15, 0.2) is 0 Å². The van der Waals surface area contributed by atoms with E-state index in [0.29, 0.717) is 12.5 Å². The second kappa shape index (κ2) is 9.08. The minimum Gasteiger partial charge on any atom is -0.377 e. The maximum absolute atomic E-state index is 5.59. The van der Waals surface area contributed by atoms with Crippen molar-refractivity contribution in [3.8, 4) is 0 Å². The Labute approximate surface area is 80.8 Å². The molecule has 0 atom stereocenters. The van der Waals surface area contributed by atoms with Crippen LogP contribution in [-0.4, -0.2) is 19.1 Å². The Morgan fingerprint density at radius 3 is 2.75 bits per heavy atom. The number of ether oxygens (including phenoxy) is 1. The highest BCUT2D eigenvalue weighted by Crippen LogP contribution is 1.97. The van der Waals surface area contributed by atoms with E-state index < -0.39 is 0 Å². The van der Waals surface area contributed by atoms with Gasteiger partial charge in [0.1, 0.15) is 0 Å². The van der Waals surface area contributed by atoms with Gasteiger partial charge in [-0.2, -0.15) is 0 Å². The van der Waals surface area contributed by atoms with Crippen LogP contribution in [0.3, 0.4) is 0 Å². The summed E-state index contributed by atoms with van der Waals surface area (Å²) in [5.41, 5.74) is 1.19. The van der Waals surface area contributed by atoms with Crippen LogP contribution < -0.4 is 0 Å². The van der Waals surface area contributed by atoms with Gasteiger partial charge in [0, 0.05) is 12.5 Å². The van der Waals surface area contributed by atoms with Crippen LogP contribution in [0.4, 0.5) is 0 Å². The second-order valence-corrected chi connectivity index (χ2v) is 3.23. The molecule has 0 saturated heterocycles. The van der Waals surface area contributed by atoms with Gasteiger partial charge in [-0.1, -0.05) is 31.4 Å². The lowest BCUT2D eigenvalue weighted by molar-refractivity contribution is 0.157. The Balaban J connectivity index is 3.10. The molecule has 0 amide bonds. The molecule has 0 aliphatic rings. The number of hydrogen-bond donors (Lipinski definition) is 0. The predicted molar refractivity (Wildman–Crippen MR) is 54.8 cm³/mol. The topological polar surface area (TPSA) is 9.23 Å². The van der Waals surface area contributed by atoms with Crippen LogP contribution in [0.25, 0.3) is 0 Å². The van der Waals surface area contributed by atoms with Crippen LogP contribution in [-0.2, 0) is 4.74 Å². The lowest BCUT2D eigenvalue weighted by Crippen LogP contribution is -1.95. The monoisotopic (exact) mass is 190 g/mol. The first kappa shape index (κ1) is 12.0. The van der Waals surface area contributed by atoms with Crippen molar-refractivity contribution < 1.29 is 4.74 Å². The summed E-state index contributed by atoms with van der Waals surface area (Å²) >= 11 is 5.59. The van der Waals surface area contributed by atoms with Gasteiger partial charge < -0.3 is 4.74 Å². The zero-order valence-electron chi connectivity index (χ0n) is 8.11. The molecular formula is C10H19ClO. The van der Waals surface area contributed by atoms with Gasteiger partial charge in [-0.25, -0.2) is 0 Å². The molecule has 0 saturated carbocycles. The summed E-state index contributed by atoms with van der Waals surface area (Å²) in [5, 5.41) is 0. The number of hydrogen-bond acceptors (Lipinski definition) is 1. The fraction of sp³-hybridized carbons (Fsp3) is 0.800. The SMILES string of the molecule is CCCCCOCC=C(C)CCl. The minimum absolute atomic E-state index is 0.609. The molecule has 0 rings (SSSR count). The summed E-state index contributed by atoms with van der Waals surface area (Å²) in [7, 11) is 0. The summed E-state index contributed by atoms with van der Waals surface area (Å²) < 4.78 is 5.37. The van der Waals surface area contributed by atoms with Crippen molar-refractivity contribution in [2.75, 3.05) is 19.1 Å². The Bertz CT molecular complexity index is 121. The Hall–Kier alpha value is -0.0100. The molecule has 0 bridgehead atoms. The smallest absolute Gasteiger partial charge is 0.0650 e. The molecule has 0 N–H and O–H groups in total. The van der Waals surface area contributed by atoms with E-state index in [1.807, 2.05) is 13.0 Å². The Morgan fingerprint density at radius 1 is 1.42 bits per heavy atom. The Morgan fingerprint density at radius 2 is 2.17 bits per heavy atom. The molecule has 12 heavy (non-hydrogen) atoms. The number of rotatable bonds is 7. The molecule has 0 fully saturated rings. The molecule has 0 heterocycles. The zero-order chi connectivity index (χ0) is 9.23. The number of alkyl halides is 1. The highest BCUT2D eigenvalue weighted by atomic mass is 35.5. The third-order valence-corrected chi connectivity index (χ3v) is 2.07. The highest BCUT2D eigenvalue weighted by Gasteiger charge is 1.87. The number of halogens is 1. The first-order chi connectivity index (χ1) is 5.81. The number of allylic oxidation sites excluding steroid dienone is 1. The third-order valence-electron chi connectivity index (χ3n) is 1.65. The van der Waals surface area contributed by atoms with Crippen LogP contribution in [0.15, 0.2) is 11.6 Å². The average molecular weight is 191 g/mol. The molecule has 0 aliphatic heterocycles. The van der Waals surface area contributed by atoms with E-state index in [1.54, 1.807) is 0 Å². The molecule has 0 unspecified atom stereocenters. The summed E-state index contributed by atoms with van der Waals surface area (Å²) in [5.74, 6) is 0.609. The molecule has 72 valence electrons. The highest BCUT2D eigenvalue weighted by molar-refractivity contribution is 6.19. The first-order valence-electron chi connectivity index (χ1n) is 4.60. The fourth-order valence-corrected chi connectivity index (χ4v) is 0.902. The molecule has 0 aromatic heterocycles. The second-order valence-electron chi connectivity index (χ2n) is 2.97. The summed E-state index contributed by atoms with van der Waals surface area (Å²) in [6.45, 7) is 5.79. The lowest BCUT2D eigenvalue weighted by atomic mass is 10.3. The zero-order valence-corrected chi connectivity index (χ0v) is 8.86. The normalized spacial score (nSPS) is 12.1. The van der Waals surface area contributed by atoms with Gasteiger partial charge in [-0.3, -0.25) is 0 Å². The summed E-state index contributed by atoms with van der Waals surface area (Å²) in [4.78, 5) is 0. The predicted octanol–water partition coefficient (Wildman–Crippen LogP) is 3.38. The van der Waals surface area contributed by atoms with Crippen molar-refractivity contribution in [1.29, 1.82) is 0 Å². The maximum Gasteiger partial charge on any atom is 0.0650 e. The number of unbranched alkanes of at least 4 members (excludes halogenated alkanes) is 2. The van der Waals surface area contributed by atoms with Gasteiger partial charge in [0.05, 0.1) is 6.61 Å². The van der Waals surface area contributed by atoms with E-state index in [0.717, 1.165) is 6.61 Å². The summed E-state index contributed by atoms with van der Waals surface area (Å²) in [6.07, 6.45) is 5.72. The van der Waals surface area contributed by atoms with Crippen molar-refractivity contribution in [2.24, 2.45) is 0 Å². The van der Waals surface area contributed by atoms with Crippen molar-refractivity contribution in [1.82, 2.24) is 0 Å². The molecule has 0 aromatic carbocycles. The lowest BCUT2D eigenvalue weighted by Gasteiger charge is -2.00. The minimum atomic E-state index is 0.609. The molecule has 0 aromatic rings. The third kappa shape index (κ3) is 8.09. The van der Waals surface area contributed by atoms with E-state index in [1.165, 1.54) is 24.8 Å². The maximum atomic E-state index is 5.59. The quantitative estimate of drug-likeness (QED) is 0.340. The van der Waals surface area contributed by atoms with Crippen molar-refractivity contribution in [3.05, 3.63) is 11.6 Å². The van der Waals surface area contributed by atoms with Crippen LogP contribution in [0, 0.1) is 0 Å². The first-order valence-corrected chi connectivity index (χ1v) is 5.14. The molecule has 0 spiro atoms. The fourth-order valence-electron chi connectivity index (χ4n) is 0.793.